The summed E-state index contributed by atoms with van der Waals surface area (Å²) in [6.45, 7) is 11.8. The van der Waals surface area contributed by atoms with Gasteiger partial charge < -0.3 is 18.8 Å². The van der Waals surface area contributed by atoms with Gasteiger partial charge in [-0.25, -0.2) is 0 Å². The number of fused-ring (bicyclic) bond motifs is 2. The van der Waals surface area contributed by atoms with Crippen molar-refractivity contribution in [1.29, 1.82) is 0 Å². The fourth-order valence-electron chi connectivity index (χ4n) is 4.70. The molecule has 0 aliphatic carbocycles. The molecule has 0 bridgehead atoms. The zero-order valence-electron chi connectivity index (χ0n) is 22.1. The van der Waals surface area contributed by atoms with E-state index in [1.807, 2.05) is 64.1 Å². The first-order valence-corrected chi connectivity index (χ1v) is 13.0. The van der Waals surface area contributed by atoms with Crippen molar-refractivity contribution in [2.24, 2.45) is 0 Å². The Labute approximate surface area is 213 Å². The minimum atomic E-state index is -0.511. The zero-order chi connectivity index (χ0) is 25.8. The highest BCUT2D eigenvalue weighted by atomic mass is 16.5. The number of nitrogens with zero attached hydrogens (tertiary/aromatic N) is 1. The third kappa shape index (κ3) is 5.34. The normalized spacial score (nSPS) is 15.2. The molecule has 0 saturated carbocycles. The molecule has 3 aromatic rings. The molecule has 0 radical (unpaired) electrons. The van der Waals surface area contributed by atoms with Gasteiger partial charge in [-0.1, -0.05) is 31.9 Å². The second kappa shape index (κ2) is 11.3. The molecule has 2 heterocycles. The van der Waals surface area contributed by atoms with Crippen molar-refractivity contribution in [3.05, 3.63) is 74.6 Å². The minimum Gasteiger partial charge on any atom is -0.494 e. The summed E-state index contributed by atoms with van der Waals surface area (Å²) in [6, 6.07) is 10.9. The van der Waals surface area contributed by atoms with E-state index in [9.17, 15) is 9.59 Å². The van der Waals surface area contributed by atoms with Crippen molar-refractivity contribution in [3.8, 4) is 5.75 Å². The molecule has 0 spiro atoms. The molecule has 36 heavy (non-hydrogen) atoms. The van der Waals surface area contributed by atoms with Gasteiger partial charge in [0.2, 0.25) is 5.76 Å². The van der Waals surface area contributed by atoms with Gasteiger partial charge in [0.05, 0.1) is 29.7 Å². The number of hydrogen-bond acceptors (Lipinski definition) is 5. The van der Waals surface area contributed by atoms with Gasteiger partial charge in [-0.05, 0) is 81.5 Å². The molecule has 6 heteroatoms. The van der Waals surface area contributed by atoms with E-state index < -0.39 is 6.04 Å². The first kappa shape index (κ1) is 26.0. The molecular formula is C30H37NO5. The van der Waals surface area contributed by atoms with Gasteiger partial charge in [-0.3, -0.25) is 9.59 Å². The van der Waals surface area contributed by atoms with Gasteiger partial charge in [0.15, 0.2) is 5.43 Å². The van der Waals surface area contributed by atoms with Gasteiger partial charge in [0.1, 0.15) is 11.3 Å². The molecule has 1 aromatic heterocycles. The summed E-state index contributed by atoms with van der Waals surface area (Å²) in [5.41, 5.74) is 3.62. The van der Waals surface area contributed by atoms with Gasteiger partial charge in [-0.2, -0.15) is 0 Å². The first-order valence-electron chi connectivity index (χ1n) is 13.0. The lowest BCUT2D eigenvalue weighted by molar-refractivity contribution is 0.0593. The molecule has 192 valence electrons. The number of carbonyl (C=O) groups is 1. The highest BCUT2D eigenvalue weighted by Crippen LogP contribution is 2.39. The average molecular weight is 492 g/mol. The highest BCUT2D eigenvalue weighted by Gasteiger charge is 2.42. The maximum Gasteiger partial charge on any atom is 0.290 e. The van der Waals surface area contributed by atoms with E-state index in [1.165, 1.54) is 0 Å². The van der Waals surface area contributed by atoms with Crippen LogP contribution >= 0.6 is 0 Å². The number of benzene rings is 2. The predicted octanol–water partition coefficient (Wildman–Crippen LogP) is 6.34. The molecule has 1 aliphatic heterocycles. The Morgan fingerprint density at radius 2 is 1.69 bits per heavy atom. The number of ether oxygens (including phenoxy) is 2. The van der Waals surface area contributed by atoms with Crippen LogP contribution in [0.4, 0.5) is 0 Å². The monoisotopic (exact) mass is 491 g/mol. The van der Waals surface area contributed by atoms with Crippen molar-refractivity contribution in [3.63, 3.8) is 0 Å². The van der Waals surface area contributed by atoms with E-state index in [1.54, 1.807) is 4.90 Å². The molecule has 2 aromatic carbocycles. The van der Waals surface area contributed by atoms with Crippen LogP contribution in [0.25, 0.3) is 11.0 Å². The number of hydrogen-bond donors (Lipinski definition) is 0. The van der Waals surface area contributed by atoms with Gasteiger partial charge in [-0.15, -0.1) is 0 Å². The van der Waals surface area contributed by atoms with Gasteiger partial charge >= 0.3 is 0 Å². The van der Waals surface area contributed by atoms with Crippen molar-refractivity contribution >= 4 is 16.9 Å². The first-order chi connectivity index (χ1) is 17.3. The van der Waals surface area contributed by atoms with Crippen LogP contribution in [0.15, 0.2) is 45.6 Å². The molecule has 0 N–H and O–H groups in total. The van der Waals surface area contributed by atoms with Crippen LogP contribution in [0.3, 0.4) is 0 Å². The van der Waals surface area contributed by atoms with E-state index in [-0.39, 0.29) is 23.2 Å². The standard InChI is InChI=1S/C30H37NO5/c1-6-7-8-15-35-23-12-10-22(11-13-23)27-26-28(32)24-17-20(4)21(5)18-25(24)36-29(26)30(33)31(27)14-9-16-34-19(2)3/h10-13,17-19,27H,6-9,14-16H2,1-5H3. The second-order valence-corrected chi connectivity index (χ2v) is 9.91. The number of amides is 1. The van der Waals surface area contributed by atoms with Crippen molar-refractivity contribution in [2.45, 2.75) is 72.4 Å². The van der Waals surface area contributed by atoms with Gasteiger partial charge in [0, 0.05) is 13.2 Å². The smallest absolute Gasteiger partial charge is 0.290 e. The molecule has 6 nitrogen and oxygen atoms in total. The van der Waals surface area contributed by atoms with Crippen LogP contribution in [-0.4, -0.2) is 36.7 Å². The lowest BCUT2D eigenvalue weighted by Gasteiger charge is -2.25. The Hall–Kier alpha value is -3.12. The number of unbranched alkanes of at least 4 members (excludes halogenated alkanes) is 2. The maximum atomic E-state index is 13.8. The number of aryl methyl sites for hydroxylation is 2. The summed E-state index contributed by atoms with van der Waals surface area (Å²) in [5, 5.41) is 0.510. The summed E-state index contributed by atoms with van der Waals surface area (Å²) >= 11 is 0. The Morgan fingerprint density at radius 3 is 2.39 bits per heavy atom. The van der Waals surface area contributed by atoms with E-state index in [0.29, 0.717) is 42.7 Å². The molecule has 1 unspecified atom stereocenters. The predicted molar refractivity (Wildman–Crippen MR) is 142 cm³/mol. The molecular weight excluding hydrogens is 454 g/mol. The summed E-state index contributed by atoms with van der Waals surface area (Å²) in [7, 11) is 0. The van der Waals surface area contributed by atoms with Crippen LogP contribution in [0.5, 0.6) is 5.75 Å². The van der Waals surface area contributed by atoms with Crippen LogP contribution in [0.2, 0.25) is 0 Å². The third-order valence-electron chi connectivity index (χ3n) is 6.79. The van der Waals surface area contributed by atoms with E-state index >= 15 is 0 Å². The summed E-state index contributed by atoms with van der Waals surface area (Å²) in [5.74, 6) is 0.676. The molecule has 0 saturated heterocycles. The Kier molecular flexibility index (Phi) is 8.14. The van der Waals surface area contributed by atoms with Crippen LogP contribution in [0.1, 0.15) is 85.3 Å². The molecule has 1 amide bonds. The lowest BCUT2D eigenvalue weighted by atomic mass is 9.97. The summed E-state index contributed by atoms with van der Waals surface area (Å²) in [4.78, 5) is 29.1. The van der Waals surface area contributed by atoms with Crippen molar-refractivity contribution < 1.29 is 18.7 Å². The number of rotatable bonds is 11. The SMILES string of the molecule is CCCCCOc1ccc(C2c3c(oc4cc(C)c(C)cc4c3=O)C(=O)N2CCCOC(C)C)cc1. The van der Waals surface area contributed by atoms with E-state index in [0.717, 1.165) is 41.7 Å². The van der Waals surface area contributed by atoms with Crippen LogP contribution < -0.4 is 10.2 Å². The van der Waals surface area contributed by atoms with E-state index in [2.05, 4.69) is 6.92 Å². The summed E-state index contributed by atoms with van der Waals surface area (Å²) in [6.07, 6.45) is 4.08. The lowest BCUT2D eigenvalue weighted by Crippen LogP contribution is -2.31. The van der Waals surface area contributed by atoms with Crippen molar-refractivity contribution in [2.75, 3.05) is 19.8 Å². The van der Waals surface area contributed by atoms with Gasteiger partial charge in [0.25, 0.3) is 5.91 Å². The Bertz CT molecular complexity index is 1280. The average Bonchev–Trinajstić information content (AvgIpc) is 3.13. The molecule has 1 aliphatic rings. The molecule has 1 atom stereocenters. The van der Waals surface area contributed by atoms with Crippen molar-refractivity contribution in [1.82, 2.24) is 4.90 Å². The topological polar surface area (TPSA) is 69.0 Å². The minimum absolute atomic E-state index is 0.122. The maximum absolute atomic E-state index is 13.8. The summed E-state index contributed by atoms with van der Waals surface area (Å²) < 4.78 is 17.7. The quantitative estimate of drug-likeness (QED) is 0.293. The second-order valence-electron chi connectivity index (χ2n) is 9.91. The van der Waals surface area contributed by atoms with E-state index in [4.69, 9.17) is 13.9 Å². The number of carbonyl (C=O) groups excluding carboxylic acids is 1. The molecule has 0 fully saturated rings. The third-order valence-corrected chi connectivity index (χ3v) is 6.79. The highest BCUT2D eigenvalue weighted by molar-refractivity contribution is 5.99. The zero-order valence-corrected chi connectivity index (χ0v) is 22.1. The molecule has 4 rings (SSSR count). The van der Waals surface area contributed by atoms with Crippen LogP contribution in [0, 0.1) is 13.8 Å². The largest absolute Gasteiger partial charge is 0.494 e. The Morgan fingerprint density at radius 1 is 0.972 bits per heavy atom. The fraction of sp³-hybridized carbons (Fsp3) is 0.467. The fourth-order valence-corrected chi connectivity index (χ4v) is 4.70. The van der Waals surface area contributed by atoms with Crippen LogP contribution in [-0.2, 0) is 4.74 Å². The Balaban J connectivity index is 1.71.